The summed E-state index contributed by atoms with van der Waals surface area (Å²) in [6.07, 6.45) is 0.614. The number of hydrogen-bond donors (Lipinski definition) is 1. The fourth-order valence-electron chi connectivity index (χ4n) is 2.01. The van der Waals surface area contributed by atoms with Crippen LogP contribution in [0.25, 0.3) is 0 Å². The van der Waals surface area contributed by atoms with E-state index in [0.717, 1.165) is 15.6 Å². The van der Waals surface area contributed by atoms with Gasteiger partial charge in [0, 0.05) is 10.9 Å². The van der Waals surface area contributed by atoms with Gasteiger partial charge in [-0.25, -0.2) is 0 Å². The lowest BCUT2D eigenvalue weighted by Gasteiger charge is -2.24. The highest BCUT2D eigenvalue weighted by Gasteiger charge is 2.23. The first-order chi connectivity index (χ1) is 8.47. The summed E-state index contributed by atoms with van der Waals surface area (Å²) in [5, 5.41) is 10.6. The maximum Gasteiger partial charge on any atom is 0.0908 e. The lowest BCUT2D eigenvalue weighted by Crippen LogP contribution is -2.24. The second-order valence-electron chi connectivity index (χ2n) is 4.94. The fourth-order valence-corrected chi connectivity index (χ4v) is 2.28. The van der Waals surface area contributed by atoms with Gasteiger partial charge in [-0.3, -0.25) is 0 Å². The van der Waals surface area contributed by atoms with Crippen LogP contribution in [0.15, 0.2) is 53.0 Å². The van der Waals surface area contributed by atoms with E-state index < -0.39 is 5.60 Å². The van der Waals surface area contributed by atoms with Gasteiger partial charge in [0.05, 0.1) is 5.60 Å². The van der Waals surface area contributed by atoms with Crippen molar-refractivity contribution in [1.29, 1.82) is 0 Å². The Bertz CT molecular complexity index is 512. The van der Waals surface area contributed by atoms with E-state index in [4.69, 9.17) is 0 Å². The average Bonchev–Trinajstić information content (AvgIpc) is 2.32. The van der Waals surface area contributed by atoms with Crippen molar-refractivity contribution in [3.8, 4) is 0 Å². The largest absolute Gasteiger partial charge is 0.385 e. The summed E-state index contributed by atoms with van der Waals surface area (Å²) in [4.78, 5) is 0. The molecule has 0 amide bonds. The molecule has 0 bridgehead atoms. The van der Waals surface area contributed by atoms with Crippen molar-refractivity contribution in [2.24, 2.45) is 0 Å². The van der Waals surface area contributed by atoms with Gasteiger partial charge in [0.15, 0.2) is 0 Å². The molecule has 1 N–H and O–H groups in total. The molecule has 2 heteroatoms. The molecule has 0 aliphatic carbocycles. The summed E-state index contributed by atoms with van der Waals surface area (Å²) in [5.41, 5.74) is 2.46. The Morgan fingerprint density at radius 3 is 2.11 bits per heavy atom. The van der Waals surface area contributed by atoms with Gasteiger partial charge < -0.3 is 5.11 Å². The molecule has 0 aliphatic rings. The molecule has 0 radical (unpaired) electrons. The molecule has 18 heavy (non-hydrogen) atoms. The number of hydrogen-bond acceptors (Lipinski definition) is 1. The topological polar surface area (TPSA) is 20.2 Å². The molecule has 1 nitrogen and oxygen atoms in total. The van der Waals surface area contributed by atoms with Crippen molar-refractivity contribution >= 4 is 15.9 Å². The number of halogens is 1. The minimum Gasteiger partial charge on any atom is -0.385 e. The van der Waals surface area contributed by atoms with Crippen LogP contribution in [-0.2, 0) is 12.0 Å². The molecule has 2 aromatic carbocycles. The second-order valence-corrected chi connectivity index (χ2v) is 5.86. The van der Waals surface area contributed by atoms with E-state index in [1.807, 2.05) is 62.4 Å². The zero-order valence-corrected chi connectivity index (χ0v) is 12.2. The maximum atomic E-state index is 10.6. The Morgan fingerprint density at radius 1 is 1.00 bits per heavy atom. The van der Waals surface area contributed by atoms with Crippen LogP contribution in [0.5, 0.6) is 0 Å². The quantitative estimate of drug-likeness (QED) is 0.900. The third kappa shape index (κ3) is 3.21. The van der Waals surface area contributed by atoms with Gasteiger partial charge in [0.1, 0.15) is 0 Å². The van der Waals surface area contributed by atoms with E-state index in [2.05, 4.69) is 15.9 Å². The van der Waals surface area contributed by atoms with Crippen LogP contribution in [0.2, 0.25) is 0 Å². The van der Waals surface area contributed by atoms with Crippen LogP contribution in [0.3, 0.4) is 0 Å². The summed E-state index contributed by atoms with van der Waals surface area (Å²) in [6.45, 7) is 3.91. The molecule has 2 rings (SSSR count). The summed E-state index contributed by atoms with van der Waals surface area (Å²) >= 11 is 3.42. The SMILES string of the molecule is Cc1ccc(C(C)(O)Cc2ccc(Br)cc2)cc1. The smallest absolute Gasteiger partial charge is 0.0908 e. The molecule has 0 saturated carbocycles. The zero-order valence-electron chi connectivity index (χ0n) is 10.7. The summed E-state index contributed by atoms with van der Waals surface area (Å²) in [7, 11) is 0. The van der Waals surface area contributed by atoms with Gasteiger partial charge >= 0.3 is 0 Å². The van der Waals surface area contributed by atoms with E-state index in [-0.39, 0.29) is 0 Å². The maximum absolute atomic E-state index is 10.6. The van der Waals surface area contributed by atoms with E-state index in [0.29, 0.717) is 6.42 Å². The highest BCUT2D eigenvalue weighted by atomic mass is 79.9. The highest BCUT2D eigenvalue weighted by Crippen LogP contribution is 2.26. The normalized spacial score (nSPS) is 14.2. The first-order valence-corrected chi connectivity index (χ1v) is 6.81. The van der Waals surface area contributed by atoms with Crippen LogP contribution in [0, 0.1) is 6.92 Å². The third-order valence-electron chi connectivity index (χ3n) is 3.14. The van der Waals surface area contributed by atoms with Crippen LogP contribution < -0.4 is 0 Å². The van der Waals surface area contributed by atoms with Gasteiger partial charge in [-0.05, 0) is 37.1 Å². The monoisotopic (exact) mass is 304 g/mol. The summed E-state index contributed by atoms with van der Waals surface area (Å²) in [6, 6.07) is 16.1. The minimum absolute atomic E-state index is 0.614. The Kier molecular flexibility index (Phi) is 3.88. The number of aryl methyl sites for hydroxylation is 1. The van der Waals surface area contributed by atoms with Crippen molar-refractivity contribution in [2.45, 2.75) is 25.9 Å². The standard InChI is InChI=1S/C16H17BrO/c1-12-3-7-14(8-4-12)16(2,18)11-13-5-9-15(17)10-6-13/h3-10,18H,11H2,1-2H3. The molecule has 0 aliphatic heterocycles. The predicted octanol–water partition coefficient (Wildman–Crippen LogP) is 4.21. The Hall–Kier alpha value is -1.12. The van der Waals surface area contributed by atoms with Crippen molar-refractivity contribution in [3.05, 3.63) is 69.7 Å². The van der Waals surface area contributed by atoms with E-state index >= 15 is 0 Å². The molecular formula is C16H17BrO. The molecule has 94 valence electrons. The molecule has 0 aromatic heterocycles. The van der Waals surface area contributed by atoms with Crippen molar-refractivity contribution in [1.82, 2.24) is 0 Å². The summed E-state index contributed by atoms with van der Waals surface area (Å²) < 4.78 is 1.06. The average molecular weight is 305 g/mol. The Balaban J connectivity index is 2.20. The summed E-state index contributed by atoms with van der Waals surface area (Å²) in [5.74, 6) is 0. The lowest BCUT2D eigenvalue weighted by atomic mass is 9.89. The second kappa shape index (κ2) is 5.25. The number of rotatable bonds is 3. The molecule has 2 aromatic rings. The van der Waals surface area contributed by atoms with E-state index in [1.54, 1.807) is 0 Å². The fraction of sp³-hybridized carbons (Fsp3) is 0.250. The molecule has 0 spiro atoms. The van der Waals surface area contributed by atoms with Gasteiger partial charge in [0.25, 0.3) is 0 Å². The zero-order chi connectivity index (χ0) is 13.2. The predicted molar refractivity (Wildman–Crippen MR) is 78.6 cm³/mol. The van der Waals surface area contributed by atoms with Crippen molar-refractivity contribution < 1.29 is 5.11 Å². The first-order valence-electron chi connectivity index (χ1n) is 6.01. The Labute approximate surface area is 117 Å². The first kappa shape index (κ1) is 13.3. The van der Waals surface area contributed by atoms with Gasteiger partial charge in [0.2, 0.25) is 0 Å². The van der Waals surface area contributed by atoms with Crippen LogP contribution >= 0.6 is 15.9 Å². The van der Waals surface area contributed by atoms with Crippen molar-refractivity contribution in [2.75, 3.05) is 0 Å². The van der Waals surface area contributed by atoms with Crippen LogP contribution in [0.4, 0.5) is 0 Å². The van der Waals surface area contributed by atoms with E-state index in [9.17, 15) is 5.11 Å². The van der Waals surface area contributed by atoms with Gasteiger partial charge in [-0.15, -0.1) is 0 Å². The molecule has 0 saturated heterocycles. The van der Waals surface area contributed by atoms with Crippen molar-refractivity contribution in [3.63, 3.8) is 0 Å². The van der Waals surface area contributed by atoms with E-state index in [1.165, 1.54) is 5.56 Å². The van der Waals surface area contributed by atoms with Gasteiger partial charge in [-0.1, -0.05) is 57.9 Å². The molecule has 1 atom stereocenters. The Morgan fingerprint density at radius 2 is 1.56 bits per heavy atom. The molecule has 0 fully saturated rings. The van der Waals surface area contributed by atoms with Gasteiger partial charge in [-0.2, -0.15) is 0 Å². The number of benzene rings is 2. The number of aliphatic hydroxyl groups is 1. The molecular weight excluding hydrogens is 288 g/mol. The molecule has 1 unspecified atom stereocenters. The molecule has 0 heterocycles. The van der Waals surface area contributed by atoms with Crippen LogP contribution in [-0.4, -0.2) is 5.11 Å². The lowest BCUT2D eigenvalue weighted by molar-refractivity contribution is 0.0576. The highest BCUT2D eigenvalue weighted by molar-refractivity contribution is 9.10. The van der Waals surface area contributed by atoms with Crippen LogP contribution in [0.1, 0.15) is 23.6 Å². The third-order valence-corrected chi connectivity index (χ3v) is 3.66. The minimum atomic E-state index is -0.832.